The average molecular weight is 186 g/mol. The van der Waals surface area contributed by atoms with Crippen LogP contribution in [-0.2, 0) is 0 Å². The summed E-state index contributed by atoms with van der Waals surface area (Å²) in [6.07, 6.45) is 1.64. The van der Waals surface area contributed by atoms with Gasteiger partial charge in [-0.15, -0.1) is 11.8 Å². The second-order valence-electron chi connectivity index (χ2n) is 2.13. The van der Waals surface area contributed by atoms with Crippen molar-refractivity contribution in [3.8, 4) is 0 Å². The molecule has 4 heteroatoms. The van der Waals surface area contributed by atoms with Gasteiger partial charge in [0.2, 0.25) is 0 Å². The van der Waals surface area contributed by atoms with E-state index in [1.54, 1.807) is 6.26 Å². The number of carbonyl (C=O) groups is 1. The number of thioether (sulfide) groups is 1. The minimum absolute atomic E-state index is 0.0162. The Morgan fingerprint density at radius 3 is 2.67 bits per heavy atom. The maximum Gasteiger partial charge on any atom is 0.336 e. The molecule has 12 heavy (non-hydrogen) atoms. The minimum Gasteiger partial charge on any atom is -0.478 e. The Hall–Kier alpha value is -1.03. The fourth-order valence-corrected chi connectivity index (χ4v) is 1.52. The van der Waals surface area contributed by atoms with Gasteiger partial charge in [0, 0.05) is 0 Å². The second kappa shape index (κ2) is 3.58. The average Bonchev–Trinajstić information content (AvgIpc) is 2.03. The zero-order valence-corrected chi connectivity index (χ0v) is 7.19. The first-order chi connectivity index (χ1) is 5.66. The van der Waals surface area contributed by atoms with Crippen molar-refractivity contribution in [1.82, 2.24) is 0 Å². The van der Waals surface area contributed by atoms with Crippen LogP contribution in [0.15, 0.2) is 23.1 Å². The summed E-state index contributed by atoms with van der Waals surface area (Å²) in [6, 6.07) is 4.02. The molecule has 0 saturated carbocycles. The van der Waals surface area contributed by atoms with E-state index < -0.39 is 11.8 Å². The minimum atomic E-state index is -1.10. The van der Waals surface area contributed by atoms with Crippen LogP contribution in [0.5, 0.6) is 0 Å². The van der Waals surface area contributed by atoms with Crippen molar-refractivity contribution in [2.75, 3.05) is 6.26 Å². The smallest absolute Gasteiger partial charge is 0.336 e. The summed E-state index contributed by atoms with van der Waals surface area (Å²) in [5.74, 6) is -1.58. The van der Waals surface area contributed by atoms with Crippen LogP contribution in [-0.4, -0.2) is 17.3 Å². The highest BCUT2D eigenvalue weighted by atomic mass is 32.2. The molecule has 1 N–H and O–H groups in total. The number of rotatable bonds is 2. The van der Waals surface area contributed by atoms with Crippen molar-refractivity contribution in [3.63, 3.8) is 0 Å². The molecule has 0 atom stereocenters. The van der Waals surface area contributed by atoms with Crippen LogP contribution in [0.4, 0.5) is 4.39 Å². The van der Waals surface area contributed by atoms with Crippen molar-refractivity contribution in [3.05, 3.63) is 29.6 Å². The largest absolute Gasteiger partial charge is 0.478 e. The molecule has 0 saturated heterocycles. The van der Waals surface area contributed by atoms with Gasteiger partial charge in [0.25, 0.3) is 0 Å². The molecule has 0 aliphatic rings. The Bertz CT molecular complexity index is 312. The summed E-state index contributed by atoms with van der Waals surface area (Å²) >= 11 is 1.09. The highest BCUT2D eigenvalue weighted by Gasteiger charge is 2.12. The van der Waals surface area contributed by atoms with Gasteiger partial charge in [-0.25, -0.2) is 9.18 Å². The number of carboxylic acid groups (broad SMARTS) is 1. The quantitative estimate of drug-likeness (QED) is 0.720. The van der Waals surface area contributed by atoms with Crippen LogP contribution < -0.4 is 0 Å². The lowest BCUT2D eigenvalue weighted by Crippen LogP contribution is -1.99. The van der Waals surface area contributed by atoms with E-state index in [0.29, 0.717) is 0 Å². The standard InChI is InChI=1S/C8H7FO2S/c1-12-7-5(8(10)11)3-2-4-6(7)9/h2-4H,1H3,(H,10,11). The molecule has 0 aliphatic carbocycles. The molecule has 0 aliphatic heterocycles. The molecular weight excluding hydrogens is 179 g/mol. The van der Waals surface area contributed by atoms with Gasteiger partial charge < -0.3 is 5.11 Å². The molecule has 0 fully saturated rings. The first kappa shape index (κ1) is 9.06. The van der Waals surface area contributed by atoms with Crippen LogP contribution >= 0.6 is 11.8 Å². The van der Waals surface area contributed by atoms with Crippen LogP contribution in [0, 0.1) is 5.82 Å². The first-order valence-electron chi connectivity index (χ1n) is 3.22. The van der Waals surface area contributed by atoms with Gasteiger partial charge in [0.05, 0.1) is 10.5 Å². The summed E-state index contributed by atoms with van der Waals surface area (Å²) in [5, 5.41) is 8.64. The van der Waals surface area contributed by atoms with Gasteiger partial charge in [-0.05, 0) is 18.4 Å². The summed E-state index contributed by atoms with van der Waals surface area (Å²) in [7, 11) is 0. The fraction of sp³-hybridized carbons (Fsp3) is 0.125. The highest BCUT2D eigenvalue weighted by Crippen LogP contribution is 2.23. The number of halogens is 1. The number of carboxylic acids is 1. The fourth-order valence-electron chi connectivity index (χ4n) is 0.885. The Kier molecular flexibility index (Phi) is 2.70. The molecule has 1 rings (SSSR count). The molecular formula is C8H7FO2S. The SMILES string of the molecule is CSc1c(F)cccc1C(=O)O. The summed E-state index contributed by atoms with van der Waals surface area (Å²) in [4.78, 5) is 10.7. The monoisotopic (exact) mass is 186 g/mol. The predicted molar refractivity (Wildman–Crippen MR) is 45.1 cm³/mol. The normalized spacial score (nSPS) is 9.83. The van der Waals surface area contributed by atoms with Crippen LogP contribution in [0.2, 0.25) is 0 Å². The van der Waals surface area contributed by atoms with Gasteiger partial charge in [-0.1, -0.05) is 6.07 Å². The molecule has 0 bridgehead atoms. The molecule has 0 aromatic heterocycles. The van der Waals surface area contributed by atoms with E-state index >= 15 is 0 Å². The Balaban J connectivity index is 3.27. The van der Waals surface area contributed by atoms with Crippen molar-refractivity contribution >= 4 is 17.7 Å². The molecule has 0 spiro atoms. The Labute approximate surface area is 73.4 Å². The van der Waals surface area contributed by atoms with Gasteiger partial charge >= 0.3 is 5.97 Å². The predicted octanol–water partition coefficient (Wildman–Crippen LogP) is 2.25. The molecule has 0 amide bonds. The molecule has 64 valence electrons. The number of hydrogen-bond acceptors (Lipinski definition) is 2. The summed E-state index contributed by atoms with van der Waals surface area (Å²) in [5.41, 5.74) is 0.0162. The summed E-state index contributed by atoms with van der Waals surface area (Å²) < 4.78 is 12.9. The zero-order valence-electron chi connectivity index (χ0n) is 6.37. The van der Waals surface area contributed by atoms with Crippen LogP contribution in [0.3, 0.4) is 0 Å². The van der Waals surface area contributed by atoms with E-state index in [1.165, 1.54) is 18.2 Å². The topological polar surface area (TPSA) is 37.3 Å². The van der Waals surface area contributed by atoms with Gasteiger partial charge in [-0.2, -0.15) is 0 Å². The summed E-state index contributed by atoms with van der Waals surface area (Å²) in [6.45, 7) is 0. The van der Waals surface area contributed by atoms with E-state index in [4.69, 9.17) is 5.11 Å². The number of benzene rings is 1. The van der Waals surface area contributed by atoms with Crippen molar-refractivity contribution in [1.29, 1.82) is 0 Å². The lowest BCUT2D eigenvalue weighted by atomic mass is 10.2. The number of hydrogen-bond donors (Lipinski definition) is 1. The first-order valence-corrected chi connectivity index (χ1v) is 4.45. The Morgan fingerprint density at radius 2 is 2.25 bits per heavy atom. The molecule has 0 heterocycles. The molecule has 0 radical (unpaired) electrons. The van der Waals surface area contributed by atoms with E-state index in [1.807, 2.05) is 0 Å². The zero-order chi connectivity index (χ0) is 9.14. The third kappa shape index (κ3) is 1.58. The van der Waals surface area contributed by atoms with Crippen molar-refractivity contribution in [2.24, 2.45) is 0 Å². The van der Waals surface area contributed by atoms with Gasteiger partial charge in [-0.3, -0.25) is 0 Å². The van der Waals surface area contributed by atoms with E-state index in [-0.39, 0.29) is 10.5 Å². The number of aromatic carboxylic acids is 1. The molecule has 0 unspecified atom stereocenters. The maximum absolute atomic E-state index is 12.9. The van der Waals surface area contributed by atoms with Gasteiger partial charge in [0.15, 0.2) is 0 Å². The van der Waals surface area contributed by atoms with Gasteiger partial charge in [0.1, 0.15) is 5.82 Å². The highest BCUT2D eigenvalue weighted by molar-refractivity contribution is 7.98. The molecule has 1 aromatic carbocycles. The van der Waals surface area contributed by atoms with Crippen molar-refractivity contribution in [2.45, 2.75) is 4.90 Å². The van der Waals surface area contributed by atoms with Crippen molar-refractivity contribution < 1.29 is 14.3 Å². The lowest BCUT2D eigenvalue weighted by molar-refractivity contribution is 0.0692. The van der Waals surface area contributed by atoms with Crippen LogP contribution in [0.1, 0.15) is 10.4 Å². The van der Waals surface area contributed by atoms with E-state index in [9.17, 15) is 9.18 Å². The third-order valence-electron chi connectivity index (χ3n) is 1.40. The van der Waals surface area contributed by atoms with Crippen LogP contribution in [0.25, 0.3) is 0 Å². The maximum atomic E-state index is 12.9. The second-order valence-corrected chi connectivity index (χ2v) is 2.94. The Morgan fingerprint density at radius 1 is 1.58 bits per heavy atom. The molecule has 1 aromatic rings. The third-order valence-corrected chi connectivity index (χ3v) is 2.22. The van der Waals surface area contributed by atoms with E-state index in [0.717, 1.165) is 11.8 Å². The molecule has 2 nitrogen and oxygen atoms in total. The lowest BCUT2D eigenvalue weighted by Gasteiger charge is -2.02. The van der Waals surface area contributed by atoms with E-state index in [2.05, 4.69) is 0 Å².